The number of pyridine rings is 2. The van der Waals surface area contributed by atoms with Crippen LogP contribution in [0.3, 0.4) is 0 Å². The lowest BCUT2D eigenvalue weighted by Crippen LogP contribution is -2.41. The Morgan fingerprint density at radius 2 is 1.92 bits per heavy atom. The van der Waals surface area contributed by atoms with Crippen LogP contribution in [0.4, 0.5) is 5.82 Å². The van der Waals surface area contributed by atoms with Crippen LogP contribution in [0.25, 0.3) is 0 Å². The monoisotopic (exact) mass is 378 g/mol. The molecule has 1 saturated heterocycles. The van der Waals surface area contributed by atoms with Gasteiger partial charge in [-0.25, -0.2) is 9.97 Å². The minimum absolute atomic E-state index is 0.0498. The van der Waals surface area contributed by atoms with Gasteiger partial charge in [0.05, 0.1) is 5.02 Å². The average molecular weight is 379 g/mol. The third kappa shape index (κ3) is 4.61. The lowest BCUT2D eigenvalue weighted by atomic mass is 9.95. The van der Waals surface area contributed by atoms with Crippen molar-refractivity contribution in [2.75, 3.05) is 25.0 Å². The number of carbonyl (C=O) groups excluding carboxylic acids is 1. The van der Waals surface area contributed by atoms with Crippen LogP contribution in [-0.2, 0) is 11.3 Å². The molecule has 0 N–H and O–H groups in total. The minimum atomic E-state index is 0.0498. The zero-order valence-corrected chi connectivity index (χ0v) is 15.5. The second-order valence-electron chi connectivity index (χ2n) is 6.28. The maximum atomic E-state index is 12.7. The highest BCUT2D eigenvalue weighted by molar-refractivity contribution is 6.30. The fraction of sp³-hybridized carbons (Fsp3) is 0.389. The predicted molar refractivity (Wildman–Crippen MR) is 99.9 cm³/mol. The normalized spacial score (nSPS) is 15.2. The molecule has 0 atom stereocenters. The molecule has 1 aliphatic rings. The second kappa shape index (κ2) is 8.02. The summed E-state index contributed by atoms with van der Waals surface area (Å²) in [5.74, 6) is 1.14. The van der Waals surface area contributed by atoms with E-state index in [0.29, 0.717) is 16.7 Å². The van der Waals surface area contributed by atoms with Crippen molar-refractivity contribution in [1.82, 2.24) is 14.9 Å². The molecule has 0 aliphatic carbocycles. The van der Waals surface area contributed by atoms with Crippen LogP contribution in [0.1, 0.15) is 18.4 Å². The number of rotatable bonds is 4. The molecule has 1 amide bonds. The molecular weight excluding hydrogens is 359 g/mol. The highest BCUT2D eigenvalue weighted by Crippen LogP contribution is 2.24. The van der Waals surface area contributed by atoms with Crippen LogP contribution in [-0.4, -0.2) is 40.9 Å². The van der Waals surface area contributed by atoms with E-state index in [9.17, 15) is 4.79 Å². The average Bonchev–Trinajstić information content (AvgIpc) is 2.64. The van der Waals surface area contributed by atoms with E-state index in [-0.39, 0.29) is 11.8 Å². The molecule has 1 aliphatic heterocycles. The first kappa shape index (κ1) is 18.0. The van der Waals surface area contributed by atoms with Gasteiger partial charge in [0, 0.05) is 45.0 Å². The van der Waals surface area contributed by atoms with E-state index in [1.54, 1.807) is 23.4 Å². The summed E-state index contributed by atoms with van der Waals surface area (Å²) >= 11 is 11.7. The number of carbonyl (C=O) groups is 1. The van der Waals surface area contributed by atoms with E-state index >= 15 is 0 Å². The van der Waals surface area contributed by atoms with Crippen molar-refractivity contribution >= 4 is 34.9 Å². The second-order valence-corrected chi connectivity index (χ2v) is 7.10. The summed E-state index contributed by atoms with van der Waals surface area (Å²) < 4.78 is 0. The third-order valence-corrected chi connectivity index (χ3v) is 4.91. The van der Waals surface area contributed by atoms with Crippen molar-refractivity contribution < 1.29 is 4.79 Å². The summed E-state index contributed by atoms with van der Waals surface area (Å²) in [6.07, 6.45) is 5.02. The van der Waals surface area contributed by atoms with Gasteiger partial charge in [-0.15, -0.1) is 0 Å². The molecule has 5 nitrogen and oxygen atoms in total. The molecule has 0 spiro atoms. The Balaban J connectivity index is 1.53. The van der Waals surface area contributed by atoms with E-state index in [1.165, 1.54) is 0 Å². The quantitative estimate of drug-likeness (QED) is 0.761. The summed E-state index contributed by atoms with van der Waals surface area (Å²) in [5, 5.41) is 1.09. The molecule has 1 fully saturated rings. The molecular formula is C18H20Cl2N4O. The van der Waals surface area contributed by atoms with Crippen molar-refractivity contribution in [3.05, 3.63) is 52.4 Å². The number of hydrogen-bond donors (Lipinski definition) is 0. The summed E-state index contributed by atoms with van der Waals surface area (Å²) in [6.45, 7) is 2.19. The first-order chi connectivity index (χ1) is 12.0. The van der Waals surface area contributed by atoms with Gasteiger partial charge in [0.15, 0.2) is 0 Å². The van der Waals surface area contributed by atoms with Crippen molar-refractivity contribution in [2.45, 2.75) is 19.4 Å². The van der Waals surface area contributed by atoms with Crippen molar-refractivity contribution in [2.24, 2.45) is 5.92 Å². The highest BCUT2D eigenvalue weighted by Gasteiger charge is 2.27. The summed E-state index contributed by atoms with van der Waals surface area (Å²) in [5.41, 5.74) is 0.975. The molecule has 0 radical (unpaired) electrons. The summed E-state index contributed by atoms with van der Waals surface area (Å²) in [6, 6.07) is 7.40. The Hall–Kier alpha value is -1.85. The van der Waals surface area contributed by atoms with Gasteiger partial charge in [0.25, 0.3) is 0 Å². The molecule has 0 unspecified atom stereocenters. The van der Waals surface area contributed by atoms with Crippen LogP contribution in [0.2, 0.25) is 10.2 Å². The Bertz CT molecular complexity index is 713. The summed E-state index contributed by atoms with van der Waals surface area (Å²) in [4.78, 5) is 25.1. The zero-order valence-electron chi connectivity index (χ0n) is 14.0. The lowest BCUT2D eigenvalue weighted by molar-refractivity contribution is -0.135. The van der Waals surface area contributed by atoms with Crippen LogP contribution in [0, 0.1) is 5.92 Å². The van der Waals surface area contributed by atoms with E-state index in [4.69, 9.17) is 23.2 Å². The standard InChI is InChI=1S/C18H20Cl2N4O/c1-23(12-13-2-4-16(20)21-10-13)18(25)14-6-8-24(9-7-14)17-5-3-15(19)11-22-17/h2-5,10-11,14H,6-9,12H2,1H3. The van der Waals surface area contributed by atoms with Crippen molar-refractivity contribution in [3.63, 3.8) is 0 Å². The number of hydrogen-bond acceptors (Lipinski definition) is 4. The van der Waals surface area contributed by atoms with E-state index in [2.05, 4.69) is 14.9 Å². The molecule has 2 aromatic rings. The van der Waals surface area contributed by atoms with Crippen molar-refractivity contribution in [3.8, 4) is 0 Å². The van der Waals surface area contributed by atoms with Gasteiger partial charge in [-0.05, 0) is 36.6 Å². The van der Waals surface area contributed by atoms with E-state index in [1.807, 2.05) is 25.2 Å². The van der Waals surface area contributed by atoms with Gasteiger partial charge in [0.2, 0.25) is 5.91 Å². The van der Waals surface area contributed by atoms with Gasteiger partial charge >= 0.3 is 0 Å². The number of aromatic nitrogens is 2. The van der Waals surface area contributed by atoms with Crippen LogP contribution in [0.5, 0.6) is 0 Å². The van der Waals surface area contributed by atoms with Gasteiger partial charge in [-0.2, -0.15) is 0 Å². The number of amides is 1. The molecule has 25 heavy (non-hydrogen) atoms. The number of piperidine rings is 1. The number of nitrogens with zero attached hydrogens (tertiary/aromatic N) is 4. The Morgan fingerprint density at radius 3 is 2.52 bits per heavy atom. The third-order valence-electron chi connectivity index (χ3n) is 4.46. The maximum Gasteiger partial charge on any atom is 0.225 e. The molecule has 3 rings (SSSR count). The largest absolute Gasteiger partial charge is 0.357 e. The molecule has 0 saturated carbocycles. The molecule has 132 valence electrons. The fourth-order valence-corrected chi connectivity index (χ4v) is 3.30. The van der Waals surface area contributed by atoms with Gasteiger partial charge < -0.3 is 9.80 Å². The minimum Gasteiger partial charge on any atom is -0.357 e. The van der Waals surface area contributed by atoms with Crippen LogP contribution >= 0.6 is 23.2 Å². The Labute approximate surface area is 157 Å². The smallest absolute Gasteiger partial charge is 0.225 e. The van der Waals surface area contributed by atoms with Gasteiger partial charge in [-0.1, -0.05) is 29.3 Å². The molecule has 3 heterocycles. The van der Waals surface area contributed by atoms with Crippen molar-refractivity contribution in [1.29, 1.82) is 0 Å². The molecule has 0 aromatic carbocycles. The fourth-order valence-electron chi connectivity index (χ4n) is 3.07. The molecule has 0 bridgehead atoms. The van der Waals surface area contributed by atoms with Gasteiger partial charge in [0.1, 0.15) is 11.0 Å². The molecule has 2 aromatic heterocycles. The zero-order chi connectivity index (χ0) is 17.8. The van der Waals surface area contributed by atoms with E-state index in [0.717, 1.165) is 37.3 Å². The first-order valence-corrected chi connectivity index (χ1v) is 9.00. The number of halogens is 2. The predicted octanol–water partition coefficient (Wildman–Crippen LogP) is 3.66. The van der Waals surface area contributed by atoms with Gasteiger partial charge in [-0.3, -0.25) is 4.79 Å². The lowest BCUT2D eigenvalue weighted by Gasteiger charge is -2.33. The number of anilines is 1. The Morgan fingerprint density at radius 1 is 1.16 bits per heavy atom. The van der Waals surface area contributed by atoms with E-state index < -0.39 is 0 Å². The Kier molecular flexibility index (Phi) is 5.76. The maximum absolute atomic E-state index is 12.7. The van der Waals surface area contributed by atoms with Crippen LogP contribution < -0.4 is 4.90 Å². The summed E-state index contributed by atoms with van der Waals surface area (Å²) in [7, 11) is 1.84. The highest BCUT2D eigenvalue weighted by atomic mass is 35.5. The topological polar surface area (TPSA) is 49.3 Å². The first-order valence-electron chi connectivity index (χ1n) is 8.25. The van der Waals surface area contributed by atoms with Crippen LogP contribution in [0.15, 0.2) is 36.7 Å². The molecule has 7 heteroatoms. The SMILES string of the molecule is CN(Cc1ccc(Cl)nc1)C(=O)C1CCN(c2ccc(Cl)cn2)CC1.